The Balaban J connectivity index is 3.17. The average Bonchev–Trinajstić information content (AvgIpc) is 1.35. The van der Waals surface area contributed by atoms with Gasteiger partial charge in [0.1, 0.15) is 0 Å². The minimum Gasteiger partial charge on any atom is -0.143 e. The van der Waals surface area contributed by atoms with Gasteiger partial charge in [0.25, 0.3) is 0 Å². The van der Waals surface area contributed by atoms with Crippen LogP contribution in [0.5, 0.6) is 0 Å². The van der Waals surface area contributed by atoms with E-state index in [4.69, 9.17) is 0 Å². The molecule has 4 heteroatoms. The van der Waals surface area contributed by atoms with Crippen LogP contribution in [-0.4, -0.2) is 12.5 Å². The fourth-order valence-corrected chi connectivity index (χ4v) is 0. The number of rotatable bonds is 1. The number of hydrogen-bond acceptors (Lipinski definition) is 2. The molecule has 0 aromatic rings. The van der Waals surface area contributed by atoms with E-state index in [2.05, 4.69) is 45.4 Å². The molecule has 0 N–H and O–H groups in total. The first-order valence-electron chi connectivity index (χ1n) is 1.32. The van der Waals surface area contributed by atoms with Crippen molar-refractivity contribution in [3.63, 3.8) is 0 Å². The summed E-state index contributed by atoms with van der Waals surface area (Å²) in [5, 5.41) is 0. The monoisotopic (exact) mass is 254 g/mol. The second kappa shape index (κ2) is 2.94. The molecule has 0 aliphatic rings. The van der Waals surface area contributed by atoms with Crippen molar-refractivity contribution in [1.29, 1.82) is 0 Å². The van der Waals surface area contributed by atoms with Gasteiger partial charge in [0.2, 0.25) is 0 Å². The van der Waals surface area contributed by atoms with E-state index in [0.29, 0.717) is 0 Å². The first kappa shape index (κ1) is 7.78. The molecule has 6 heavy (non-hydrogen) atoms. The van der Waals surface area contributed by atoms with E-state index >= 15 is 0 Å². The normalized spacial score (nSPS) is 14.7. The lowest BCUT2D eigenvalue weighted by molar-refractivity contribution is 2.34. The van der Waals surface area contributed by atoms with E-state index in [0.717, 1.165) is 0 Å². The largest absolute Gasteiger partial charge is 0.143 e. The van der Waals surface area contributed by atoms with Gasteiger partial charge in [-0.2, -0.15) is 0 Å². The average molecular weight is 254 g/mol. The maximum Gasteiger partial charge on any atom is 0.00765 e. The smallest absolute Gasteiger partial charge is 0.00765 e. The van der Waals surface area contributed by atoms with Crippen molar-refractivity contribution >= 4 is 48.9 Å². The van der Waals surface area contributed by atoms with Gasteiger partial charge in [0.05, 0.1) is 0 Å². The van der Waals surface area contributed by atoms with Crippen molar-refractivity contribution in [2.75, 3.05) is 12.5 Å². The molecule has 0 aromatic heterocycles. The van der Waals surface area contributed by atoms with Gasteiger partial charge in [0, 0.05) is 21.2 Å². The third-order valence-corrected chi connectivity index (χ3v) is 12.7. The zero-order chi connectivity index (χ0) is 5.21. The van der Waals surface area contributed by atoms with Crippen LogP contribution in [0.4, 0.5) is 0 Å². The highest BCUT2D eigenvalue weighted by molar-refractivity contribution is 14.2. The maximum absolute atomic E-state index is 4.29. The lowest BCUT2D eigenvalue weighted by atomic mass is 11.9. The molecule has 0 aliphatic heterocycles. The third-order valence-electron chi connectivity index (χ3n) is 0.154. The van der Waals surface area contributed by atoms with Crippen LogP contribution in [0.1, 0.15) is 0 Å². The standard InChI is InChI=1S/C2H7IS3/c1-6(2,4)5-3/h4H,1-2H3. The highest BCUT2D eigenvalue weighted by atomic mass is 127. The first-order valence-corrected chi connectivity index (χ1v) is 8.70. The van der Waals surface area contributed by atoms with Crippen LogP contribution in [0, 0.1) is 0 Å². The minimum absolute atomic E-state index is 0.564. The molecule has 0 nitrogen and oxygen atoms in total. The van der Waals surface area contributed by atoms with Gasteiger partial charge < -0.3 is 0 Å². The summed E-state index contributed by atoms with van der Waals surface area (Å²) >= 11 is 6.56. The zero-order valence-electron chi connectivity index (χ0n) is 3.64. The third kappa shape index (κ3) is 5.78. The molecular weight excluding hydrogens is 247 g/mol. The second-order valence-corrected chi connectivity index (χ2v) is 13.3. The highest BCUT2D eigenvalue weighted by Crippen LogP contribution is 2.60. The Bertz CT molecular complexity index is 38.5. The summed E-state index contributed by atoms with van der Waals surface area (Å²) in [5.74, 6) is 0. The van der Waals surface area contributed by atoms with Gasteiger partial charge in [-0.05, 0) is 20.5 Å². The summed E-state index contributed by atoms with van der Waals surface area (Å²) in [6, 6.07) is 0. The Hall–Kier alpha value is 1.78. The molecule has 40 valence electrons. The van der Waals surface area contributed by atoms with E-state index < -0.39 is 8.09 Å². The maximum atomic E-state index is 4.29. The molecule has 0 amide bonds. The molecule has 0 atom stereocenters. The van der Waals surface area contributed by atoms with Crippen molar-refractivity contribution in [2.45, 2.75) is 0 Å². The molecule has 0 heterocycles. The molecule has 0 aromatic carbocycles. The van der Waals surface area contributed by atoms with Crippen molar-refractivity contribution in [3.8, 4) is 0 Å². The molecule has 0 unspecified atom stereocenters. The Morgan fingerprint density at radius 2 is 1.83 bits per heavy atom. The van der Waals surface area contributed by atoms with Crippen LogP contribution in [0.25, 0.3) is 0 Å². The number of halogens is 1. The van der Waals surface area contributed by atoms with E-state index in [1.165, 1.54) is 0 Å². The summed E-state index contributed by atoms with van der Waals surface area (Å²) in [5.41, 5.74) is 0. The molecule has 0 fully saturated rings. The molecule has 0 rings (SSSR count). The molecule has 0 aliphatic carbocycles. The lowest BCUT2D eigenvalue weighted by Crippen LogP contribution is -1.67. The summed E-state index contributed by atoms with van der Waals surface area (Å²) in [6.45, 7) is 0. The fraction of sp³-hybridized carbons (Fsp3) is 1.00. The van der Waals surface area contributed by atoms with Crippen molar-refractivity contribution < 1.29 is 0 Å². The van der Waals surface area contributed by atoms with Crippen LogP contribution < -0.4 is 0 Å². The van der Waals surface area contributed by atoms with Crippen molar-refractivity contribution in [1.82, 2.24) is 0 Å². The van der Waals surface area contributed by atoms with Gasteiger partial charge in [0.15, 0.2) is 0 Å². The SMILES string of the molecule is CS(C)(S)SI. The summed E-state index contributed by atoms with van der Waals surface area (Å²) in [7, 11) is 1.24. The molecule has 0 radical (unpaired) electrons. The lowest BCUT2D eigenvalue weighted by Gasteiger charge is -2.16. The quantitative estimate of drug-likeness (QED) is 0.426. The van der Waals surface area contributed by atoms with Crippen molar-refractivity contribution in [3.05, 3.63) is 0 Å². The molecule has 0 bridgehead atoms. The Labute approximate surface area is 61.0 Å². The van der Waals surface area contributed by atoms with Crippen LogP contribution in [0.3, 0.4) is 0 Å². The molecule has 0 saturated carbocycles. The molecule has 0 saturated heterocycles. The van der Waals surface area contributed by atoms with Crippen LogP contribution >= 0.6 is 48.9 Å². The van der Waals surface area contributed by atoms with Crippen LogP contribution in [-0.2, 0) is 0 Å². The molecular formula is C2H7IS3. The second-order valence-electron chi connectivity index (χ2n) is 1.24. The Morgan fingerprint density at radius 1 is 1.67 bits per heavy atom. The van der Waals surface area contributed by atoms with Crippen LogP contribution in [0.2, 0.25) is 0 Å². The number of hydrogen-bond donors (Lipinski definition) is 1. The van der Waals surface area contributed by atoms with Crippen molar-refractivity contribution in [2.24, 2.45) is 0 Å². The predicted molar refractivity (Wildman–Crippen MR) is 50.0 cm³/mol. The Morgan fingerprint density at radius 3 is 1.83 bits per heavy atom. The molecule has 0 spiro atoms. The Kier molecular flexibility index (Phi) is 3.81. The zero-order valence-corrected chi connectivity index (χ0v) is 8.33. The summed E-state index contributed by atoms with van der Waals surface area (Å²) in [6.07, 6.45) is 4.29. The van der Waals surface area contributed by atoms with E-state index in [1.807, 2.05) is 0 Å². The predicted octanol–water partition coefficient (Wildman–Crippen LogP) is 2.89. The van der Waals surface area contributed by atoms with Gasteiger partial charge in [-0.3, -0.25) is 0 Å². The minimum atomic E-state index is -0.564. The van der Waals surface area contributed by atoms with Crippen LogP contribution in [0.15, 0.2) is 0 Å². The summed E-state index contributed by atoms with van der Waals surface area (Å²) in [4.78, 5) is 0. The fourth-order valence-electron chi connectivity index (χ4n) is 0. The van der Waals surface area contributed by atoms with Gasteiger partial charge >= 0.3 is 0 Å². The van der Waals surface area contributed by atoms with E-state index in [9.17, 15) is 0 Å². The van der Waals surface area contributed by atoms with E-state index in [1.54, 1.807) is 7.97 Å². The summed E-state index contributed by atoms with van der Waals surface area (Å²) < 4.78 is 0. The highest BCUT2D eigenvalue weighted by Gasteiger charge is 1.99. The van der Waals surface area contributed by atoms with Gasteiger partial charge in [-0.15, -0.1) is 19.8 Å². The van der Waals surface area contributed by atoms with Gasteiger partial charge in [-0.1, -0.05) is 0 Å². The van der Waals surface area contributed by atoms with E-state index in [-0.39, 0.29) is 0 Å². The van der Waals surface area contributed by atoms with Gasteiger partial charge in [-0.25, -0.2) is 0 Å². The number of thiol groups is 1. The topological polar surface area (TPSA) is 0 Å². The first-order chi connectivity index (χ1) is 2.56.